The molecular weight excluding hydrogens is 294 g/mol. The van der Waals surface area contributed by atoms with Crippen molar-refractivity contribution in [3.63, 3.8) is 0 Å². The minimum atomic E-state index is -1.41. The highest BCUT2D eigenvalue weighted by molar-refractivity contribution is 14.1. The Morgan fingerprint density at radius 2 is 1.69 bits per heavy atom. The van der Waals surface area contributed by atoms with Crippen molar-refractivity contribution in [3.8, 4) is 0 Å². The number of nitrogens with one attached hydrogen (secondary N) is 1. The monoisotopic (exact) mass is 301 g/mol. The molecule has 0 saturated carbocycles. The molecule has 0 fully saturated rings. The third-order valence-electron chi connectivity index (χ3n) is 1.55. The molecule has 0 unspecified atom stereocenters. The molecule has 0 radical (unpaired) electrons. The van der Waals surface area contributed by atoms with E-state index in [-0.39, 0.29) is 0 Å². The number of benzene rings is 1. The Kier molecular flexibility index (Phi) is 3.98. The fraction of sp³-hybridized carbons (Fsp3) is 0.250. The van der Waals surface area contributed by atoms with E-state index in [2.05, 4.69) is 3.53 Å². The van der Waals surface area contributed by atoms with Gasteiger partial charge in [0.15, 0.2) is 17.5 Å². The van der Waals surface area contributed by atoms with Crippen molar-refractivity contribution >= 4 is 22.9 Å². The van der Waals surface area contributed by atoms with Crippen LogP contribution in [0.2, 0.25) is 0 Å². The van der Waals surface area contributed by atoms with Crippen molar-refractivity contribution < 1.29 is 13.2 Å². The SMILES string of the molecule is Fc1cc(CCNI)cc(F)c1F. The van der Waals surface area contributed by atoms with Gasteiger partial charge in [-0.3, -0.25) is 3.53 Å². The molecule has 0 aliphatic carbocycles. The van der Waals surface area contributed by atoms with Gasteiger partial charge in [-0.1, -0.05) is 0 Å². The highest BCUT2D eigenvalue weighted by Gasteiger charge is 2.09. The summed E-state index contributed by atoms with van der Waals surface area (Å²) in [5.74, 6) is -3.68. The highest BCUT2D eigenvalue weighted by Crippen LogP contribution is 2.13. The zero-order chi connectivity index (χ0) is 9.84. The molecule has 0 saturated heterocycles. The second kappa shape index (κ2) is 4.80. The molecular formula is C8H7F3IN. The van der Waals surface area contributed by atoms with Crippen LogP contribution in [-0.4, -0.2) is 6.54 Å². The Morgan fingerprint density at radius 1 is 1.15 bits per heavy atom. The molecule has 72 valence electrons. The predicted octanol–water partition coefficient (Wildman–Crippen LogP) is 2.59. The van der Waals surface area contributed by atoms with Crippen LogP contribution in [0.4, 0.5) is 13.2 Å². The zero-order valence-corrected chi connectivity index (χ0v) is 8.74. The Bertz CT molecular complexity index is 280. The number of rotatable bonds is 3. The standard InChI is InChI=1S/C8H7F3IN/c9-6-3-5(1-2-13-12)4-7(10)8(6)11/h3-4,13H,1-2H2. The maximum Gasteiger partial charge on any atom is 0.194 e. The fourth-order valence-electron chi connectivity index (χ4n) is 0.944. The minimum absolute atomic E-state index is 0.445. The first-order valence-electron chi connectivity index (χ1n) is 3.62. The largest absolute Gasteiger partial charge is 0.261 e. The van der Waals surface area contributed by atoms with Crippen LogP contribution in [0.25, 0.3) is 0 Å². The molecule has 0 atom stereocenters. The van der Waals surface area contributed by atoms with E-state index in [1.807, 2.05) is 22.9 Å². The molecule has 1 aromatic rings. The van der Waals surface area contributed by atoms with Crippen LogP contribution in [0.15, 0.2) is 12.1 Å². The van der Waals surface area contributed by atoms with Gasteiger partial charge in [-0.15, -0.1) is 0 Å². The smallest absolute Gasteiger partial charge is 0.194 e. The van der Waals surface area contributed by atoms with Crippen LogP contribution in [-0.2, 0) is 6.42 Å². The van der Waals surface area contributed by atoms with Crippen LogP contribution in [0.5, 0.6) is 0 Å². The van der Waals surface area contributed by atoms with Crippen molar-refractivity contribution in [2.24, 2.45) is 0 Å². The molecule has 13 heavy (non-hydrogen) atoms. The maximum absolute atomic E-state index is 12.6. The van der Waals surface area contributed by atoms with Gasteiger partial charge in [0.05, 0.1) is 0 Å². The first-order chi connectivity index (χ1) is 6.15. The average Bonchev–Trinajstić information content (AvgIpc) is 2.10. The van der Waals surface area contributed by atoms with Crippen LogP contribution >= 0.6 is 22.9 Å². The Hall–Kier alpha value is -0.300. The van der Waals surface area contributed by atoms with Gasteiger partial charge in [-0.2, -0.15) is 0 Å². The molecule has 1 N–H and O–H groups in total. The second-order valence-corrected chi connectivity index (χ2v) is 3.27. The fourth-order valence-corrected chi connectivity index (χ4v) is 1.21. The first-order valence-corrected chi connectivity index (χ1v) is 4.70. The third kappa shape index (κ3) is 2.84. The lowest BCUT2D eigenvalue weighted by Gasteiger charge is -2.01. The van der Waals surface area contributed by atoms with E-state index in [0.29, 0.717) is 18.5 Å². The van der Waals surface area contributed by atoms with Gasteiger partial charge in [-0.25, -0.2) is 13.2 Å². The van der Waals surface area contributed by atoms with Crippen molar-refractivity contribution in [2.75, 3.05) is 6.54 Å². The van der Waals surface area contributed by atoms with Crippen LogP contribution < -0.4 is 3.53 Å². The van der Waals surface area contributed by atoms with Gasteiger partial charge in [0, 0.05) is 29.4 Å². The molecule has 0 heterocycles. The van der Waals surface area contributed by atoms with Crippen molar-refractivity contribution in [2.45, 2.75) is 6.42 Å². The molecule has 0 aromatic heterocycles. The summed E-state index contributed by atoms with van der Waals surface area (Å²) in [6.45, 7) is 0.588. The van der Waals surface area contributed by atoms with Gasteiger partial charge in [-0.05, 0) is 24.1 Å². The van der Waals surface area contributed by atoms with Crippen LogP contribution in [0.3, 0.4) is 0 Å². The summed E-state index contributed by atoms with van der Waals surface area (Å²) < 4.78 is 40.5. The van der Waals surface area contributed by atoms with Gasteiger partial charge >= 0.3 is 0 Å². The van der Waals surface area contributed by atoms with Crippen molar-refractivity contribution in [1.82, 2.24) is 3.53 Å². The van der Waals surface area contributed by atoms with E-state index >= 15 is 0 Å². The summed E-state index contributed by atoms with van der Waals surface area (Å²) in [5.41, 5.74) is 0.445. The third-order valence-corrected chi connectivity index (χ3v) is 2.09. The number of hydrogen-bond donors (Lipinski definition) is 1. The molecule has 1 nitrogen and oxygen atoms in total. The molecule has 1 rings (SSSR count). The van der Waals surface area contributed by atoms with Crippen molar-refractivity contribution in [1.29, 1.82) is 0 Å². The summed E-state index contributed by atoms with van der Waals surface area (Å²) >= 11 is 1.93. The van der Waals surface area contributed by atoms with Gasteiger partial charge < -0.3 is 0 Å². The van der Waals surface area contributed by atoms with E-state index in [4.69, 9.17) is 0 Å². The summed E-state index contributed by atoms with van der Waals surface area (Å²) in [6, 6.07) is 2.01. The Morgan fingerprint density at radius 3 is 2.15 bits per heavy atom. The van der Waals surface area contributed by atoms with Crippen LogP contribution in [0, 0.1) is 17.5 Å². The van der Waals surface area contributed by atoms with E-state index < -0.39 is 17.5 Å². The molecule has 0 amide bonds. The first kappa shape index (κ1) is 10.8. The normalized spacial score (nSPS) is 10.5. The molecule has 0 aliphatic heterocycles. The average molecular weight is 301 g/mol. The summed E-state index contributed by atoms with van der Waals surface area (Å²) in [6.07, 6.45) is 0.469. The summed E-state index contributed by atoms with van der Waals surface area (Å²) in [5, 5.41) is 0. The Labute approximate surface area is 87.8 Å². The lowest BCUT2D eigenvalue weighted by Crippen LogP contribution is -2.05. The Balaban J connectivity index is 2.86. The minimum Gasteiger partial charge on any atom is -0.261 e. The molecule has 5 heteroatoms. The second-order valence-electron chi connectivity index (χ2n) is 2.51. The van der Waals surface area contributed by atoms with Gasteiger partial charge in [0.25, 0.3) is 0 Å². The zero-order valence-electron chi connectivity index (χ0n) is 6.58. The van der Waals surface area contributed by atoms with Gasteiger partial charge in [0.2, 0.25) is 0 Å². The molecule has 0 spiro atoms. The van der Waals surface area contributed by atoms with Crippen molar-refractivity contribution in [3.05, 3.63) is 35.1 Å². The molecule has 1 aromatic carbocycles. The lowest BCUT2D eigenvalue weighted by atomic mass is 10.1. The molecule has 0 bridgehead atoms. The summed E-state index contributed by atoms with van der Waals surface area (Å²) in [4.78, 5) is 0. The topological polar surface area (TPSA) is 12.0 Å². The van der Waals surface area contributed by atoms with E-state index in [9.17, 15) is 13.2 Å². The van der Waals surface area contributed by atoms with E-state index in [1.165, 1.54) is 0 Å². The highest BCUT2D eigenvalue weighted by atomic mass is 127. The quantitative estimate of drug-likeness (QED) is 0.514. The number of hydrogen-bond acceptors (Lipinski definition) is 1. The van der Waals surface area contributed by atoms with E-state index in [0.717, 1.165) is 12.1 Å². The summed E-state index contributed by atoms with van der Waals surface area (Å²) in [7, 11) is 0. The number of halogens is 4. The van der Waals surface area contributed by atoms with E-state index in [1.54, 1.807) is 0 Å². The van der Waals surface area contributed by atoms with Gasteiger partial charge in [0.1, 0.15) is 0 Å². The lowest BCUT2D eigenvalue weighted by molar-refractivity contribution is 0.445. The maximum atomic E-state index is 12.6. The molecule has 0 aliphatic rings. The van der Waals surface area contributed by atoms with Crippen LogP contribution in [0.1, 0.15) is 5.56 Å². The predicted molar refractivity (Wildman–Crippen MR) is 52.0 cm³/mol.